The van der Waals surface area contributed by atoms with E-state index in [1.807, 2.05) is 18.7 Å². The number of nitrogens with one attached hydrogen (secondary N) is 1. The minimum Gasteiger partial charge on any atom is -0.314 e. The molecule has 118 valence electrons. The van der Waals surface area contributed by atoms with E-state index in [0.717, 1.165) is 18.7 Å². The summed E-state index contributed by atoms with van der Waals surface area (Å²) in [6.45, 7) is 6.25. The summed E-state index contributed by atoms with van der Waals surface area (Å²) in [5.74, 6) is 0.891. The molecule has 1 heterocycles. The van der Waals surface area contributed by atoms with Crippen LogP contribution in [0.3, 0.4) is 0 Å². The zero-order valence-electron chi connectivity index (χ0n) is 12.7. The fraction of sp³-hybridized carbons (Fsp3) is 1.00. The Morgan fingerprint density at radius 2 is 2.05 bits per heavy atom. The van der Waals surface area contributed by atoms with Gasteiger partial charge in [-0.2, -0.15) is 28.8 Å². The van der Waals surface area contributed by atoms with Crippen molar-refractivity contribution in [1.82, 2.24) is 13.9 Å². The summed E-state index contributed by atoms with van der Waals surface area (Å²) in [5.41, 5.74) is 0. The zero-order chi connectivity index (χ0) is 14.8. The van der Waals surface area contributed by atoms with E-state index in [1.54, 1.807) is 11.4 Å². The molecule has 1 saturated carbocycles. The van der Waals surface area contributed by atoms with Crippen LogP contribution in [0.1, 0.15) is 33.1 Å². The van der Waals surface area contributed by atoms with Gasteiger partial charge in [-0.05, 0) is 32.7 Å². The van der Waals surface area contributed by atoms with Crippen molar-refractivity contribution in [2.75, 3.05) is 32.4 Å². The summed E-state index contributed by atoms with van der Waals surface area (Å²) < 4.78 is 28.4. The summed E-state index contributed by atoms with van der Waals surface area (Å²) in [5, 5.41) is 3.78. The zero-order valence-corrected chi connectivity index (χ0v) is 14.3. The maximum Gasteiger partial charge on any atom is 0.282 e. The van der Waals surface area contributed by atoms with Gasteiger partial charge in [-0.3, -0.25) is 0 Å². The van der Waals surface area contributed by atoms with Crippen LogP contribution in [-0.2, 0) is 10.2 Å². The van der Waals surface area contributed by atoms with Gasteiger partial charge in [0.2, 0.25) is 0 Å². The van der Waals surface area contributed by atoms with Crippen LogP contribution in [0, 0.1) is 0 Å². The molecule has 1 aliphatic heterocycles. The highest BCUT2D eigenvalue weighted by molar-refractivity contribution is 8.00. The first kappa shape index (κ1) is 16.5. The fourth-order valence-electron chi connectivity index (χ4n) is 2.42. The van der Waals surface area contributed by atoms with Crippen molar-refractivity contribution in [3.63, 3.8) is 0 Å². The summed E-state index contributed by atoms with van der Waals surface area (Å²) in [4.78, 5) is 0. The summed E-state index contributed by atoms with van der Waals surface area (Å²) in [7, 11) is -1.60. The van der Waals surface area contributed by atoms with Gasteiger partial charge in [0.25, 0.3) is 10.2 Å². The van der Waals surface area contributed by atoms with Crippen LogP contribution in [0.2, 0.25) is 0 Å². The Morgan fingerprint density at radius 1 is 1.35 bits per heavy atom. The molecule has 20 heavy (non-hydrogen) atoms. The Morgan fingerprint density at radius 3 is 2.70 bits per heavy atom. The molecule has 0 radical (unpaired) electrons. The van der Waals surface area contributed by atoms with Gasteiger partial charge in [-0.1, -0.05) is 6.92 Å². The van der Waals surface area contributed by atoms with E-state index < -0.39 is 10.2 Å². The van der Waals surface area contributed by atoms with Crippen molar-refractivity contribution in [2.24, 2.45) is 0 Å². The minimum absolute atomic E-state index is 0.0748. The Bertz CT molecular complexity index is 412. The quantitative estimate of drug-likeness (QED) is 0.714. The second-order valence-electron chi connectivity index (χ2n) is 5.84. The van der Waals surface area contributed by atoms with Crippen LogP contribution >= 0.6 is 11.8 Å². The van der Waals surface area contributed by atoms with E-state index in [0.29, 0.717) is 24.4 Å². The second kappa shape index (κ2) is 6.96. The topological polar surface area (TPSA) is 52.7 Å². The lowest BCUT2D eigenvalue weighted by Crippen LogP contribution is -2.52. The molecule has 0 aromatic heterocycles. The van der Waals surface area contributed by atoms with E-state index in [2.05, 4.69) is 12.2 Å². The molecular weight excluding hydrogens is 294 g/mol. The van der Waals surface area contributed by atoms with Crippen molar-refractivity contribution in [3.05, 3.63) is 0 Å². The van der Waals surface area contributed by atoms with Gasteiger partial charge in [0, 0.05) is 43.2 Å². The predicted molar refractivity (Wildman–Crippen MR) is 85.3 cm³/mol. The molecule has 0 bridgehead atoms. The van der Waals surface area contributed by atoms with Gasteiger partial charge < -0.3 is 5.32 Å². The summed E-state index contributed by atoms with van der Waals surface area (Å²) in [6.07, 6.45) is 3.42. The van der Waals surface area contributed by atoms with Gasteiger partial charge >= 0.3 is 0 Å². The van der Waals surface area contributed by atoms with Crippen LogP contribution in [0.15, 0.2) is 0 Å². The third-order valence-corrected chi connectivity index (χ3v) is 7.59. The minimum atomic E-state index is -3.30. The third-order valence-electron chi connectivity index (χ3n) is 4.18. The van der Waals surface area contributed by atoms with Gasteiger partial charge in [0.1, 0.15) is 0 Å². The van der Waals surface area contributed by atoms with Crippen LogP contribution in [-0.4, -0.2) is 66.8 Å². The van der Waals surface area contributed by atoms with Gasteiger partial charge in [0.15, 0.2) is 0 Å². The molecule has 2 atom stereocenters. The van der Waals surface area contributed by atoms with Crippen molar-refractivity contribution < 1.29 is 8.42 Å². The molecule has 7 heteroatoms. The van der Waals surface area contributed by atoms with Crippen molar-refractivity contribution in [2.45, 2.75) is 50.4 Å². The van der Waals surface area contributed by atoms with E-state index in [-0.39, 0.29) is 6.04 Å². The normalized spacial score (nSPS) is 29.0. The lowest BCUT2D eigenvalue weighted by molar-refractivity contribution is 0.307. The molecule has 2 rings (SSSR count). The van der Waals surface area contributed by atoms with E-state index in [9.17, 15) is 8.42 Å². The Balaban J connectivity index is 1.83. The largest absolute Gasteiger partial charge is 0.314 e. The average Bonchev–Trinajstić information content (AvgIpc) is 3.21. The van der Waals surface area contributed by atoms with E-state index >= 15 is 0 Å². The maximum atomic E-state index is 12.6. The molecule has 2 unspecified atom stereocenters. The molecule has 0 amide bonds. The molecule has 0 aromatic carbocycles. The molecule has 1 N–H and O–H groups in total. The average molecular weight is 322 g/mol. The maximum absolute atomic E-state index is 12.6. The number of hydrogen-bond donors (Lipinski definition) is 1. The first-order valence-corrected chi connectivity index (χ1v) is 9.95. The first-order valence-electron chi connectivity index (χ1n) is 7.51. The Kier molecular flexibility index (Phi) is 5.76. The molecule has 1 aliphatic carbocycles. The second-order valence-corrected chi connectivity index (χ2v) is 9.31. The Labute approximate surface area is 127 Å². The lowest BCUT2D eigenvalue weighted by Gasteiger charge is -2.38. The smallest absolute Gasteiger partial charge is 0.282 e. The third kappa shape index (κ3) is 4.10. The first-order chi connectivity index (χ1) is 9.43. The number of thioether (sulfide) groups is 1. The van der Waals surface area contributed by atoms with Crippen molar-refractivity contribution in [3.8, 4) is 0 Å². The molecule has 1 saturated heterocycles. The van der Waals surface area contributed by atoms with Gasteiger partial charge in [-0.25, -0.2) is 0 Å². The highest BCUT2D eigenvalue weighted by atomic mass is 32.2. The number of hydrogen-bond acceptors (Lipinski definition) is 4. The SMILES string of the molecule is CC1SCCN(S(=O)(=O)N(C)CCCNC2CC2)C1C. The van der Waals surface area contributed by atoms with Crippen LogP contribution in [0.5, 0.6) is 0 Å². The molecule has 2 aliphatic rings. The lowest BCUT2D eigenvalue weighted by atomic mass is 10.2. The van der Waals surface area contributed by atoms with Crippen LogP contribution in [0.4, 0.5) is 0 Å². The van der Waals surface area contributed by atoms with E-state index in [4.69, 9.17) is 0 Å². The van der Waals surface area contributed by atoms with Crippen LogP contribution < -0.4 is 5.32 Å². The van der Waals surface area contributed by atoms with Crippen molar-refractivity contribution in [1.29, 1.82) is 0 Å². The molecule has 5 nitrogen and oxygen atoms in total. The predicted octanol–water partition coefficient (Wildman–Crippen LogP) is 1.13. The fourth-order valence-corrected chi connectivity index (χ4v) is 5.36. The van der Waals surface area contributed by atoms with E-state index in [1.165, 1.54) is 17.1 Å². The monoisotopic (exact) mass is 321 g/mol. The summed E-state index contributed by atoms with van der Waals surface area (Å²) >= 11 is 1.85. The standard InChI is InChI=1S/C13H27N3O2S2/c1-11-12(2)19-10-9-16(11)20(17,18)15(3)8-4-7-14-13-5-6-13/h11-14H,4-10H2,1-3H3. The molecule has 0 aromatic rings. The van der Waals surface area contributed by atoms with Crippen LogP contribution in [0.25, 0.3) is 0 Å². The molecule has 0 spiro atoms. The number of rotatable bonds is 7. The summed E-state index contributed by atoms with van der Waals surface area (Å²) in [6, 6.07) is 0.766. The highest BCUT2D eigenvalue weighted by Gasteiger charge is 2.36. The molecule has 2 fully saturated rings. The van der Waals surface area contributed by atoms with Gasteiger partial charge in [0.05, 0.1) is 0 Å². The Hall–Kier alpha value is 0.180. The molecular formula is C13H27N3O2S2. The number of nitrogens with zero attached hydrogens (tertiary/aromatic N) is 2. The highest BCUT2D eigenvalue weighted by Crippen LogP contribution is 2.27. The van der Waals surface area contributed by atoms with Gasteiger partial charge in [-0.15, -0.1) is 0 Å². The van der Waals surface area contributed by atoms with Crippen molar-refractivity contribution >= 4 is 22.0 Å².